The highest BCUT2D eigenvalue weighted by molar-refractivity contribution is 5.88. The molecule has 5 rings (SSSR count). The van der Waals surface area contributed by atoms with Gasteiger partial charge in [0.25, 0.3) is 0 Å². The smallest absolute Gasteiger partial charge is 0.224 e. The summed E-state index contributed by atoms with van der Waals surface area (Å²) in [4.78, 5) is 18.4. The second kappa shape index (κ2) is 9.41. The van der Waals surface area contributed by atoms with Crippen LogP contribution in [0.2, 0.25) is 0 Å². The SMILES string of the molecule is O=C(Cc1c[nH]c2ccccc12)NCc1ccccc1-c1ccc(CN2CCCC2)cc1. The highest BCUT2D eigenvalue weighted by Gasteiger charge is 2.13. The van der Waals surface area contributed by atoms with Crippen LogP contribution in [0.3, 0.4) is 0 Å². The van der Waals surface area contributed by atoms with E-state index in [0.29, 0.717) is 13.0 Å². The Morgan fingerprint density at radius 1 is 0.875 bits per heavy atom. The molecule has 0 aliphatic carbocycles. The molecule has 1 fully saturated rings. The van der Waals surface area contributed by atoms with E-state index in [1.165, 1.54) is 42.6 Å². The maximum Gasteiger partial charge on any atom is 0.224 e. The lowest BCUT2D eigenvalue weighted by Crippen LogP contribution is -2.24. The van der Waals surface area contributed by atoms with E-state index in [2.05, 4.69) is 63.7 Å². The molecule has 2 heterocycles. The van der Waals surface area contributed by atoms with Gasteiger partial charge in [-0.1, -0.05) is 66.7 Å². The molecular formula is C28H29N3O. The summed E-state index contributed by atoms with van der Waals surface area (Å²) < 4.78 is 0. The Bertz CT molecular complexity index is 1200. The van der Waals surface area contributed by atoms with E-state index in [9.17, 15) is 4.79 Å². The van der Waals surface area contributed by atoms with Crippen LogP contribution >= 0.6 is 0 Å². The number of nitrogens with one attached hydrogen (secondary N) is 2. The molecule has 1 aliphatic rings. The molecule has 0 unspecified atom stereocenters. The zero-order valence-corrected chi connectivity index (χ0v) is 18.3. The summed E-state index contributed by atoms with van der Waals surface area (Å²) in [6.07, 6.45) is 4.94. The van der Waals surface area contributed by atoms with Crippen molar-refractivity contribution in [1.82, 2.24) is 15.2 Å². The van der Waals surface area contributed by atoms with Crippen LogP contribution < -0.4 is 5.32 Å². The van der Waals surface area contributed by atoms with E-state index < -0.39 is 0 Å². The number of fused-ring (bicyclic) bond motifs is 1. The Morgan fingerprint density at radius 2 is 1.62 bits per heavy atom. The molecule has 4 aromatic rings. The summed E-state index contributed by atoms with van der Waals surface area (Å²) in [5, 5.41) is 4.22. The van der Waals surface area contributed by atoms with Gasteiger partial charge in [-0.2, -0.15) is 0 Å². The minimum atomic E-state index is 0.0329. The van der Waals surface area contributed by atoms with E-state index in [-0.39, 0.29) is 5.91 Å². The fourth-order valence-electron chi connectivity index (χ4n) is 4.65. The zero-order chi connectivity index (χ0) is 21.8. The average Bonchev–Trinajstić information content (AvgIpc) is 3.49. The van der Waals surface area contributed by atoms with Crippen molar-refractivity contribution in [3.63, 3.8) is 0 Å². The van der Waals surface area contributed by atoms with Crippen LogP contribution in [-0.2, 0) is 24.3 Å². The fraction of sp³-hybridized carbons (Fsp3) is 0.250. The van der Waals surface area contributed by atoms with Crippen molar-refractivity contribution in [3.8, 4) is 11.1 Å². The van der Waals surface area contributed by atoms with Gasteiger partial charge < -0.3 is 10.3 Å². The first-order chi connectivity index (χ1) is 15.8. The van der Waals surface area contributed by atoms with Crippen molar-refractivity contribution in [3.05, 3.63) is 95.7 Å². The van der Waals surface area contributed by atoms with Gasteiger partial charge in [0.1, 0.15) is 0 Å². The monoisotopic (exact) mass is 423 g/mol. The minimum Gasteiger partial charge on any atom is -0.361 e. The molecule has 4 heteroatoms. The fourth-order valence-corrected chi connectivity index (χ4v) is 4.65. The molecule has 1 saturated heterocycles. The molecule has 0 saturated carbocycles. The first-order valence-corrected chi connectivity index (χ1v) is 11.5. The molecule has 0 spiro atoms. The summed E-state index contributed by atoms with van der Waals surface area (Å²) >= 11 is 0. The van der Waals surface area contributed by atoms with Crippen molar-refractivity contribution in [2.75, 3.05) is 13.1 Å². The number of rotatable bonds is 7. The number of hydrogen-bond acceptors (Lipinski definition) is 2. The Balaban J connectivity index is 1.24. The number of para-hydroxylation sites is 1. The number of aromatic nitrogens is 1. The number of nitrogens with zero attached hydrogens (tertiary/aromatic N) is 1. The summed E-state index contributed by atoms with van der Waals surface area (Å²) in [7, 11) is 0. The molecule has 162 valence electrons. The molecule has 4 nitrogen and oxygen atoms in total. The van der Waals surface area contributed by atoms with E-state index in [1.54, 1.807) is 0 Å². The molecule has 1 aromatic heterocycles. The third-order valence-electron chi connectivity index (χ3n) is 6.39. The van der Waals surface area contributed by atoms with Crippen LogP contribution in [0, 0.1) is 0 Å². The zero-order valence-electron chi connectivity index (χ0n) is 18.3. The molecule has 32 heavy (non-hydrogen) atoms. The van der Waals surface area contributed by atoms with Crippen LogP contribution in [0.25, 0.3) is 22.0 Å². The molecule has 1 aliphatic heterocycles. The molecule has 0 atom stereocenters. The van der Waals surface area contributed by atoms with Gasteiger partial charge in [-0.05, 0) is 59.8 Å². The van der Waals surface area contributed by atoms with Crippen molar-refractivity contribution in [2.45, 2.75) is 32.4 Å². The van der Waals surface area contributed by atoms with Crippen LogP contribution in [0.4, 0.5) is 0 Å². The molecule has 0 bridgehead atoms. The number of likely N-dealkylation sites (tertiary alicyclic amines) is 1. The third-order valence-corrected chi connectivity index (χ3v) is 6.39. The summed E-state index contributed by atoms with van der Waals surface area (Å²) in [6, 6.07) is 25.3. The first-order valence-electron chi connectivity index (χ1n) is 11.5. The Hall–Kier alpha value is -3.37. The predicted octanol–water partition coefficient (Wildman–Crippen LogP) is 5.29. The largest absolute Gasteiger partial charge is 0.361 e. The Labute approximate surface area is 189 Å². The van der Waals surface area contributed by atoms with Crippen LogP contribution in [0.15, 0.2) is 79.0 Å². The van der Waals surface area contributed by atoms with Crippen molar-refractivity contribution in [1.29, 1.82) is 0 Å². The molecule has 0 radical (unpaired) electrons. The van der Waals surface area contributed by atoms with Crippen LogP contribution in [0.1, 0.15) is 29.5 Å². The number of carbonyl (C=O) groups excluding carboxylic acids is 1. The Kier molecular flexibility index (Phi) is 6.04. The number of carbonyl (C=O) groups is 1. The number of aromatic amines is 1. The lowest BCUT2D eigenvalue weighted by atomic mass is 9.98. The summed E-state index contributed by atoms with van der Waals surface area (Å²) in [5.41, 5.74) is 6.95. The highest BCUT2D eigenvalue weighted by atomic mass is 16.1. The van der Waals surface area contributed by atoms with E-state index >= 15 is 0 Å². The van der Waals surface area contributed by atoms with Gasteiger partial charge in [-0.3, -0.25) is 9.69 Å². The molecule has 2 N–H and O–H groups in total. The van der Waals surface area contributed by atoms with E-state index in [4.69, 9.17) is 0 Å². The second-order valence-electron chi connectivity index (χ2n) is 8.65. The van der Waals surface area contributed by atoms with Gasteiger partial charge in [0.2, 0.25) is 5.91 Å². The van der Waals surface area contributed by atoms with E-state index in [1.807, 2.05) is 30.5 Å². The minimum absolute atomic E-state index is 0.0329. The van der Waals surface area contributed by atoms with Gasteiger partial charge in [-0.15, -0.1) is 0 Å². The maximum absolute atomic E-state index is 12.7. The third kappa shape index (κ3) is 4.61. The van der Waals surface area contributed by atoms with Gasteiger partial charge in [-0.25, -0.2) is 0 Å². The van der Waals surface area contributed by atoms with Gasteiger partial charge >= 0.3 is 0 Å². The van der Waals surface area contributed by atoms with Gasteiger partial charge in [0.05, 0.1) is 6.42 Å². The normalized spacial score (nSPS) is 14.1. The van der Waals surface area contributed by atoms with Crippen molar-refractivity contribution < 1.29 is 4.79 Å². The lowest BCUT2D eigenvalue weighted by Gasteiger charge is -2.15. The summed E-state index contributed by atoms with van der Waals surface area (Å²) in [5.74, 6) is 0.0329. The average molecular weight is 424 g/mol. The number of amides is 1. The van der Waals surface area contributed by atoms with Crippen LogP contribution in [-0.4, -0.2) is 28.9 Å². The molecule has 1 amide bonds. The second-order valence-corrected chi connectivity index (χ2v) is 8.65. The molecule has 3 aromatic carbocycles. The predicted molar refractivity (Wildman–Crippen MR) is 130 cm³/mol. The van der Waals surface area contributed by atoms with Crippen molar-refractivity contribution in [2.24, 2.45) is 0 Å². The first kappa shape index (κ1) is 20.5. The van der Waals surface area contributed by atoms with Crippen molar-refractivity contribution >= 4 is 16.8 Å². The van der Waals surface area contributed by atoms with Gasteiger partial charge in [0, 0.05) is 30.2 Å². The summed E-state index contributed by atoms with van der Waals surface area (Å²) in [6.45, 7) is 3.98. The Morgan fingerprint density at radius 3 is 2.47 bits per heavy atom. The number of hydrogen-bond donors (Lipinski definition) is 2. The number of benzene rings is 3. The standard InChI is InChI=1S/C28H29N3O/c32-28(17-24-19-29-27-10-4-3-9-26(24)27)30-18-23-7-1-2-8-25(23)22-13-11-21(12-14-22)20-31-15-5-6-16-31/h1-4,7-14,19,29H,5-6,15-18,20H2,(H,30,32). The van der Waals surface area contributed by atoms with Crippen LogP contribution in [0.5, 0.6) is 0 Å². The maximum atomic E-state index is 12.7. The lowest BCUT2D eigenvalue weighted by molar-refractivity contribution is -0.120. The quantitative estimate of drug-likeness (QED) is 0.424. The van der Waals surface area contributed by atoms with Gasteiger partial charge in [0.15, 0.2) is 0 Å². The highest BCUT2D eigenvalue weighted by Crippen LogP contribution is 2.25. The molecular weight excluding hydrogens is 394 g/mol. The van der Waals surface area contributed by atoms with E-state index in [0.717, 1.165) is 28.6 Å². The topological polar surface area (TPSA) is 48.1 Å². The number of H-pyrrole nitrogens is 1.